The molecule has 8 nitrogen and oxygen atoms in total. The van der Waals surface area contributed by atoms with E-state index in [0.29, 0.717) is 17.7 Å². The Kier molecular flexibility index (Phi) is 6.11. The Morgan fingerprint density at radius 2 is 1.97 bits per heavy atom. The molecule has 1 aromatic carbocycles. The van der Waals surface area contributed by atoms with Gasteiger partial charge in [-0.15, -0.1) is 0 Å². The smallest absolute Gasteiger partial charge is 0.390 e. The van der Waals surface area contributed by atoms with Crippen LogP contribution in [0.15, 0.2) is 36.5 Å². The number of aliphatic hydroxyl groups is 1. The molecule has 1 amide bonds. The van der Waals surface area contributed by atoms with Crippen LogP contribution in [-0.2, 0) is 19.8 Å². The second-order valence-electron chi connectivity index (χ2n) is 6.41. The molecule has 0 aliphatic heterocycles. The summed E-state index contributed by atoms with van der Waals surface area (Å²) in [6.07, 6.45) is -4.20. The molecule has 3 rings (SSSR count). The summed E-state index contributed by atoms with van der Waals surface area (Å²) in [6, 6.07) is 6.11. The number of anilines is 4. The second-order valence-corrected chi connectivity index (χ2v) is 6.41. The summed E-state index contributed by atoms with van der Waals surface area (Å²) in [6.45, 7) is -0.321. The molecule has 164 valence electrons. The number of rotatable bonds is 6. The van der Waals surface area contributed by atoms with Gasteiger partial charge in [-0.05, 0) is 12.1 Å². The molecule has 0 unspecified atom stereocenters. The third kappa shape index (κ3) is 4.74. The summed E-state index contributed by atoms with van der Waals surface area (Å²) in [4.78, 5) is 15.8. The van der Waals surface area contributed by atoms with Gasteiger partial charge < -0.3 is 21.1 Å². The Labute approximate surface area is 173 Å². The largest absolute Gasteiger partial charge is 0.419 e. The molecule has 31 heavy (non-hydrogen) atoms. The Hall–Kier alpha value is -3.67. The van der Waals surface area contributed by atoms with E-state index in [0.717, 1.165) is 12.1 Å². The van der Waals surface area contributed by atoms with Crippen LogP contribution in [0, 0.1) is 5.82 Å². The maximum absolute atomic E-state index is 14.4. The van der Waals surface area contributed by atoms with E-state index in [9.17, 15) is 27.5 Å². The molecule has 0 saturated heterocycles. The van der Waals surface area contributed by atoms with Gasteiger partial charge in [0.15, 0.2) is 0 Å². The van der Waals surface area contributed by atoms with E-state index in [2.05, 4.69) is 26.0 Å². The third-order valence-corrected chi connectivity index (χ3v) is 4.30. The fraction of sp³-hybridized carbons (Fsp3) is 0.211. The topological polar surface area (TPSA) is 104 Å². The number of aliphatic hydroxyl groups excluding tert-OH is 1. The van der Waals surface area contributed by atoms with E-state index in [1.54, 1.807) is 7.05 Å². The first-order chi connectivity index (χ1) is 14.6. The lowest BCUT2D eigenvalue weighted by molar-refractivity contribution is -0.137. The van der Waals surface area contributed by atoms with Crippen LogP contribution in [0.5, 0.6) is 0 Å². The molecular formula is C19H18F4N6O2. The molecule has 0 aliphatic rings. The van der Waals surface area contributed by atoms with Crippen molar-refractivity contribution in [1.82, 2.24) is 20.1 Å². The number of amides is 1. The number of pyridine rings is 1. The Morgan fingerprint density at radius 1 is 1.23 bits per heavy atom. The van der Waals surface area contributed by atoms with Crippen molar-refractivity contribution < 1.29 is 27.5 Å². The Morgan fingerprint density at radius 3 is 2.58 bits per heavy atom. The molecule has 0 aliphatic carbocycles. The molecule has 0 fully saturated rings. The van der Waals surface area contributed by atoms with Crippen molar-refractivity contribution in [1.29, 1.82) is 0 Å². The summed E-state index contributed by atoms with van der Waals surface area (Å²) in [5.41, 5.74) is -1.89. The lowest BCUT2D eigenvalue weighted by atomic mass is 10.1. The Balaban J connectivity index is 2.05. The number of hydrogen-bond acceptors (Lipinski definition) is 6. The lowest BCUT2D eigenvalue weighted by Gasteiger charge is -2.18. The van der Waals surface area contributed by atoms with E-state index >= 15 is 0 Å². The average molecular weight is 438 g/mol. The minimum atomic E-state index is -4.79. The summed E-state index contributed by atoms with van der Waals surface area (Å²) >= 11 is 0. The molecule has 3 aromatic rings. The van der Waals surface area contributed by atoms with Gasteiger partial charge in [0.05, 0.1) is 34.8 Å². The molecule has 0 atom stereocenters. The van der Waals surface area contributed by atoms with Crippen LogP contribution in [0.4, 0.5) is 40.6 Å². The molecule has 2 heterocycles. The number of halogens is 4. The normalized spacial score (nSPS) is 11.3. The van der Waals surface area contributed by atoms with Gasteiger partial charge in [-0.25, -0.2) is 9.37 Å². The zero-order valence-electron chi connectivity index (χ0n) is 16.4. The highest BCUT2D eigenvalue weighted by Crippen LogP contribution is 2.38. The molecule has 0 saturated carbocycles. The maximum atomic E-state index is 14.4. The number of carbonyl (C=O) groups excluding carboxylic acids is 1. The van der Waals surface area contributed by atoms with Gasteiger partial charge in [0.25, 0.3) is 5.91 Å². The van der Waals surface area contributed by atoms with Gasteiger partial charge in [-0.3, -0.25) is 9.48 Å². The van der Waals surface area contributed by atoms with E-state index in [1.165, 1.54) is 29.9 Å². The quantitative estimate of drug-likeness (QED) is 0.441. The standard InChI is InChI=1S/C19H18F4N6O2/c1-24-18(31)11-4-3-5-13(20)17(11)26-14-7-15(25-8-12(14)19(21,22)23)27-16-6-10(9-30)28-29(16)2/h3-8,30H,9H2,1-2H3,(H,24,31)(H2,25,26,27). The van der Waals surface area contributed by atoms with Crippen molar-refractivity contribution in [3.63, 3.8) is 0 Å². The first kappa shape index (κ1) is 22.0. The fourth-order valence-electron chi connectivity index (χ4n) is 2.81. The van der Waals surface area contributed by atoms with E-state index in [1.807, 2.05) is 0 Å². The summed E-state index contributed by atoms with van der Waals surface area (Å²) in [5.74, 6) is -1.21. The monoisotopic (exact) mass is 438 g/mol. The number of benzene rings is 1. The zero-order chi connectivity index (χ0) is 22.8. The highest BCUT2D eigenvalue weighted by molar-refractivity contribution is 6.00. The van der Waals surface area contributed by atoms with Crippen LogP contribution in [0.3, 0.4) is 0 Å². The first-order valence-corrected chi connectivity index (χ1v) is 8.89. The predicted molar refractivity (Wildman–Crippen MR) is 105 cm³/mol. The van der Waals surface area contributed by atoms with Crippen LogP contribution in [0.1, 0.15) is 21.6 Å². The molecule has 4 N–H and O–H groups in total. The summed E-state index contributed by atoms with van der Waals surface area (Å²) < 4.78 is 56.4. The molecule has 0 bridgehead atoms. The number of para-hydroxylation sites is 1. The molecule has 0 radical (unpaired) electrons. The SMILES string of the molecule is CNC(=O)c1cccc(F)c1Nc1cc(Nc2cc(CO)nn2C)ncc1C(F)(F)F. The Bertz CT molecular complexity index is 1110. The lowest BCUT2D eigenvalue weighted by Crippen LogP contribution is -2.20. The number of aryl methyl sites for hydroxylation is 1. The van der Waals surface area contributed by atoms with Crippen LogP contribution in [0.2, 0.25) is 0 Å². The summed E-state index contributed by atoms with van der Waals surface area (Å²) in [5, 5.41) is 20.7. The van der Waals surface area contributed by atoms with E-state index < -0.39 is 34.8 Å². The van der Waals surface area contributed by atoms with Crippen molar-refractivity contribution in [2.75, 3.05) is 17.7 Å². The van der Waals surface area contributed by atoms with Crippen molar-refractivity contribution >= 4 is 28.9 Å². The second kappa shape index (κ2) is 8.60. The number of alkyl halides is 3. The van der Waals surface area contributed by atoms with E-state index in [-0.39, 0.29) is 18.0 Å². The molecule has 2 aromatic heterocycles. The minimum Gasteiger partial charge on any atom is -0.390 e. The molecule has 0 spiro atoms. The maximum Gasteiger partial charge on any atom is 0.419 e. The highest BCUT2D eigenvalue weighted by Gasteiger charge is 2.35. The number of carbonyl (C=O) groups is 1. The van der Waals surface area contributed by atoms with Crippen molar-refractivity contribution in [3.05, 3.63) is 59.2 Å². The number of aromatic nitrogens is 3. The van der Waals surface area contributed by atoms with Crippen molar-refractivity contribution in [2.24, 2.45) is 7.05 Å². The van der Waals surface area contributed by atoms with E-state index in [4.69, 9.17) is 0 Å². The van der Waals surface area contributed by atoms with Gasteiger partial charge in [0, 0.05) is 32.4 Å². The van der Waals surface area contributed by atoms with Crippen molar-refractivity contribution in [2.45, 2.75) is 12.8 Å². The van der Waals surface area contributed by atoms with Gasteiger partial charge in [-0.1, -0.05) is 6.07 Å². The number of nitrogens with zero attached hydrogens (tertiary/aromatic N) is 3. The minimum absolute atomic E-state index is 0.000761. The molecule has 12 heteroatoms. The van der Waals surface area contributed by atoms with Crippen molar-refractivity contribution in [3.8, 4) is 0 Å². The van der Waals surface area contributed by atoms with Gasteiger partial charge in [-0.2, -0.15) is 18.3 Å². The summed E-state index contributed by atoms with van der Waals surface area (Å²) in [7, 11) is 2.89. The predicted octanol–water partition coefficient (Wildman–Crippen LogP) is 3.31. The first-order valence-electron chi connectivity index (χ1n) is 8.89. The van der Waals surface area contributed by atoms with Crippen LogP contribution in [-0.4, -0.2) is 32.8 Å². The zero-order valence-corrected chi connectivity index (χ0v) is 16.4. The van der Waals surface area contributed by atoms with Gasteiger partial charge in [0.1, 0.15) is 17.5 Å². The van der Waals surface area contributed by atoms with Gasteiger partial charge in [0.2, 0.25) is 0 Å². The van der Waals surface area contributed by atoms with Crippen LogP contribution < -0.4 is 16.0 Å². The highest BCUT2D eigenvalue weighted by atomic mass is 19.4. The molecular weight excluding hydrogens is 420 g/mol. The average Bonchev–Trinajstić information content (AvgIpc) is 3.07. The van der Waals surface area contributed by atoms with Crippen LogP contribution in [0.25, 0.3) is 0 Å². The number of nitrogens with one attached hydrogen (secondary N) is 3. The fourth-order valence-corrected chi connectivity index (χ4v) is 2.81. The van der Waals surface area contributed by atoms with Gasteiger partial charge >= 0.3 is 6.18 Å². The third-order valence-electron chi connectivity index (χ3n) is 4.30. The number of hydrogen-bond donors (Lipinski definition) is 4. The van der Waals surface area contributed by atoms with Crippen LogP contribution >= 0.6 is 0 Å².